The summed E-state index contributed by atoms with van der Waals surface area (Å²) in [5.74, 6) is 2.36. The molecule has 1 heterocycles. The molecule has 0 aliphatic heterocycles. The average Bonchev–Trinajstić information content (AvgIpc) is 3.37. The summed E-state index contributed by atoms with van der Waals surface area (Å²) in [5.41, 5.74) is 1.08. The van der Waals surface area contributed by atoms with Gasteiger partial charge in [0.15, 0.2) is 5.78 Å². The van der Waals surface area contributed by atoms with E-state index in [0.29, 0.717) is 53.5 Å². The highest BCUT2D eigenvalue weighted by Gasteiger charge is 2.58. The van der Waals surface area contributed by atoms with Gasteiger partial charge >= 0.3 is 0 Å². The lowest BCUT2D eigenvalue weighted by Crippen LogP contribution is -2.49. The van der Waals surface area contributed by atoms with Gasteiger partial charge in [0.25, 0.3) is 0 Å². The van der Waals surface area contributed by atoms with E-state index in [1.54, 1.807) is 6.07 Å². The Balaban J connectivity index is 1.16. The van der Waals surface area contributed by atoms with E-state index in [1.807, 2.05) is 0 Å². The van der Waals surface area contributed by atoms with Crippen LogP contribution in [0.3, 0.4) is 0 Å². The zero-order valence-electron chi connectivity index (χ0n) is 19.8. The third-order valence-electron chi connectivity index (χ3n) is 10.4. The third-order valence-corrected chi connectivity index (χ3v) is 10.4. The maximum atomic E-state index is 13.5. The highest BCUT2D eigenvalue weighted by Crippen LogP contribution is 2.64. The van der Waals surface area contributed by atoms with Gasteiger partial charge in [0.05, 0.1) is 0 Å². The van der Waals surface area contributed by atoms with Crippen molar-refractivity contribution in [2.24, 2.45) is 46.8 Å². The van der Waals surface area contributed by atoms with Crippen LogP contribution in [-0.4, -0.2) is 27.2 Å². The molecule has 1 aromatic heterocycles. The number of benzene rings is 1. The summed E-state index contributed by atoms with van der Waals surface area (Å²) in [6, 6.07) is 4.31. The molecule has 0 saturated heterocycles. The number of nitrogens with zero attached hydrogens (tertiary/aromatic N) is 3. The van der Waals surface area contributed by atoms with E-state index >= 15 is 0 Å². The van der Waals surface area contributed by atoms with Gasteiger partial charge in [0.2, 0.25) is 6.43 Å². The number of hydrogen-bond donors (Lipinski definition) is 0. The lowest BCUT2D eigenvalue weighted by Gasteiger charge is -2.56. The normalized spacial score (nSPS) is 39.6. The monoisotopic (exact) mass is 473 g/mol. The third kappa shape index (κ3) is 3.60. The smallest absolute Gasteiger partial charge is 0.241 e. The van der Waals surface area contributed by atoms with Crippen molar-refractivity contribution >= 4 is 16.8 Å². The van der Waals surface area contributed by atoms with Crippen molar-refractivity contribution in [2.75, 3.05) is 0 Å². The highest BCUT2D eigenvalue weighted by atomic mass is 19.3. The van der Waals surface area contributed by atoms with Crippen LogP contribution in [0.5, 0.6) is 0 Å². The van der Waals surface area contributed by atoms with Gasteiger partial charge in [-0.1, -0.05) is 6.92 Å². The Labute approximate surface area is 198 Å². The van der Waals surface area contributed by atoms with Crippen LogP contribution in [0.15, 0.2) is 18.2 Å². The summed E-state index contributed by atoms with van der Waals surface area (Å²) in [6.45, 7) is 2.46. The number of fused-ring (bicyclic) bond motifs is 6. The van der Waals surface area contributed by atoms with Gasteiger partial charge in [-0.25, -0.2) is 13.2 Å². The van der Waals surface area contributed by atoms with Gasteiger partial charge in [-0.3, -0.25) is 4.79 Å². The van der Waals surface area contributed by atoms with E-state index in [-0.39, 0.29) is 29.5 Å². The second-order valence-electron chi connectivity index (χ2n) is 11.8. The van der Waals surface area contributed by atoms with Crippen LogP contribution in [-0.2, 0) is 11.3 Å². The van der Waals surface area contributed by atoms with E-state index < -0.39 is 12.3 Å². The topological polar surface area (TPSA) is 47.8 Å². The number of alkyl halides is 2. The average molecular weight is 474 g/mol. The molecule has 1 aromatic carbocycles. The van der Waals surface area contributed by atoms with Crippen LogP contribution in [0, 0.1) is 52.7 Å². The molecule has 4 aliphatic rings. The minimum absolute atomic E-state index is 0.00391. The fourth-order valence-corrected chi connectivity index (χ4v) is 8.90. The Bertz CT molecular complexity index is 1090. The predicted octanol–water partition coefficient (Wildman–Crippen LogP) is 6.29. The molecule has 4 nitrogen and oxygen atoms in total. The number of carbonyl (C=O) groups is 1. The molecule has 8 unspecified atom stereocenters. The Morgan fingerprint density at radius 1 is 1.03 bits per heavy atom. The molecule has 184 valence electrons. The van der Waals surface area contributed by atoms with Crippen molar-refractivity contribution in [3.05, 3.63) is 24.0 Å². The van der Waals surface area contributed by atoms with Gasteiger partial charge in [0, 0.05) is 17.9 Å². The molecular weight excluding hydrogens is 439 g/mol. The zero-order valence-corrected chi connectivity index (χ0v) is 19.8. The number of hydrogen-bond acceptors (Lipinski definition) is 3. The van der Waals surface area contributed by atoms with Gasteiger partial charge < -0.3 is 0 Å². The van der Waals surface area contributed by atoms with Crippen LogP contribution in [0.1, 0.15) is 64.7 Å². The molecule has 0 amide bonds. The van der Waals surface area contributed by atoms with Crippen molar-refractivity contribution in [3.8, 4) is 0 Å². The van der Waals surface area contributed by atoms with Crippen LogP contribution in [0.4, 0.5) is 13.2 Å². The Kier molecular flexibility index (Phi) is 5.53. The highest BCUT2D eigenvalue weighted by molar-refractivity contribution is 5.82. The quantitative estimate of drug-likeness (QED) is 0.524. The summed E-state index contributed by atoms with van der Waals surface area (Å²) in [6.07, 6.45) is 6.60. The Hall–Kier alpha value is -1.92. The fourth-order valence-electron chi connectivity index (χ4n) is 8.90. The Morgan fingerprint density at radius 3 is 2.65 bits per heavy atom. The van der Waals surface area contributed by atoms with E-state index in [4.69, 9.17) is 0 Å². The zero-order chi connectivity index (χ0) is 23.6. The summed E-state index contributed by atoms with van der Waals surface area (Å²) in [7, 11) is 0. The van der Waals surface area contributed by atoms with E-state index in [2.05, 4.69) is 17.1 Å². The van der Waals surface area contributed by atoms with Crippen molar-refractivity contribution in [3.63, 3.8) is 0 Å². The fraction of sp³-hybridized carbons (Fsp3) is 0.741. The molecule has 34 heavy (non-hydrogen) atoms. The van der Waals surface area contributed by atoms with Crippen LogP contribution >= 0.6 is 0 Å². The molecule has 2 aromatic rings. The lowest BCUT2D eigenvalue weighted by atomic mass is 9.49. The van der Waals surface area contributed by atoms with Crippen molar-refractivity contribution < 1.29 is 18.0 Å². The largest absolute Gasteiger partial charge is 0.297 e. The summed E-state index contributed by atoms with van der Waals surface area (Å²) >= 11 is 0. The number of rotatable bonds is 4. The van der Waals surface area contributed by atoms with Crippen molar-refractivity contribution in [1.82, 2.24) is 15.0 Å². The van der Waals surface area contributed by atoms with Gasteiger partial charge in [0.1, 0.15) is 23.4 Å². The second kappa shape index (κ2) is 8.34. The number of halogens is 3. The van der Waals surface area contributed by atoms with E-state index in [9.17, 15) is 18.0 Å². The van der Waals surface area contributed by atoms with Crippen molar-refractivity contribution in [1.29, 1.82) is 0 Å². The molecule has 0 N–H and O–H groups in total. The summed E-state index contributed by atoms with van der Waals surface area (Å²) in [4.78, 5) is 14.9. The van der Waals surface area contributed by atoms with Crippen LogP contribution in [0.25, 0.3) is 11.0 Å². The molecule has 4 aliphatic carbocycles. The molecule has 4 fully saturated rings. The first-order valence-corrected chi connectivity index (χ1v) is 13.1. The minimum atomic E-state index is -2.17. The van der Waals surface area contributed by atoms with Gasteiger partial charge in [-0.15, -0.1) is 0 Å². The first-order valence-electron chi connectivity index (χ1n) is 13.1. The Morgan fingerprint density at radius 2 is 1.82 bits per heavy atom. The maximum absolute atomic E-state index is 13.5. The van der Waals surface area contributed by atoms with Gasteiger partial charge in [-0.2, -0.15) is 15.0 Å². The molecule has 8 atom stereocenters. The second-order valence-corrected chi connectivity index (χ2v) is 11.8. The maximum Gasteiger partial charge on any atom is 0.241 e. The van der Waals surface area contributed by atoms with Crippen molar-refractivity contribution in [2.45, 2.75) is 77.7 Å². The number of Topliss-reactive ketones (excluding diaryl/α,β-unsaturated/α-hetero) is 1. The number of ketones is 1. The predicted molar refractivity (Wildman–Crippen MR) is 123 cm³/mol. The van der Waals surface area contributed by atoms with Gasteiger partial charge in [-0.05, 0) is 105 Å². The van der Waals surface area contributed by atoms with E-state index in [0.717, 1.165) is 44.9 Å². The van der Waals surface area contributed by atoms with E-state index in [1.165, 1.54) is 16.9 Å². The first-order chi connectivity index (χ1) is 16.3. The van der Waals surface area contributed by atoms with Crippen LogP contribution < -0.4 is 0 Å². The summed E-state index contributed by atoms with van der Waals surface area (Å²) in [5, 5.41) is 8.72. The molecule has 0 bridgehead atoms. The van der Waals surface area contributed by atoms with Crippen LogP contribution in [0.2, 0.25) is 0 Å². The molecule has 7 heteroatoms. The molecular formula is C27H34F3N3O. The molecule has 0 radical (unpaired) electrons. The lowest BCUT2D eigenvalue weighted by molar-refractivity contribution is -0.131. The summed E-state index contributed by atoms with van der Waals surface area (Å²) < 4.78 is 40.2. The number of carbonyl (C=O) groups excluding carboxylic acids is 1. The SMILES string of the molecule is CC12CCC3C4CCC(C(F)F)CC4CCC3C1CCC2C(=O)Cn1nc2ccc(F)cc2n1. The molecule has 0 spiro atoms. The standard InChI is InChI=1S/C27H34F3N3O/c1-27-11-10-19-18-5-3-16(26(29)30)12-15(18)2-6-20(19)21(27)7-8-22(27)25(34)14-33-31-23-9-4-17(28)13-24(23)32-33/h4,9,13,15-16,18-22,26H,2-3,5-8,10-12,14H2,1H3. The first kappa shape index (κ1) is 22.5. The number of aromatic nitrogens is 3. The molecule has 4 saturated carbocycles. The minimum Gasteiger partial charge on any atom is -0.297 e. The molecule has 6 rings (SSSR count).